The fourth-order valence-corrected chi connectivity index (χ4v) is 2.59. The Morgan fingerprint density at radius 2 is 2.00 bits per heavy atom. The van der Waals surface area contributed by atoms with Crippen molar-refractivity contribution in [2.24, 2.45) is 5.41 Å². The van der Waals surface area contributed by atoms with Crippen LogP contribution in [0.15, 0.2) is 0 Å². The van der Waals surface area contributed by atoms with E-state index in [2.05, 4.69) is 10.6 Å². The van der Waals surface area contributed by atoms with Crippen molar-refractivity contribution in [2.45, 2.75) is 38.3 Å². The molecule has 0 aromatic heterocycles. The summed E-state index contributed by atoms with van der Waals surface area (Å²) in [6, 6.07) is -0.908. The Morgan fingerprint density at radius 3 is 2.60 bits per heavy atom. The Bertz CT molecular complexity index is 394. The number of carboxylic acids is 1. The average Bonchev–Trinajstić information content (AvgIpc) is 2.72. The van der Waals surface area contributed by atoms with E-state index in [1.54, 1.807) is 6.92 Å². The number of hydrogen-bond donors (Lipinski definition) is 3. The van der Waals surface area contributed by atoms with Crippen molar-refractivity contribution in [1.82, 2.24) is 10.6 Å². The molecule has 2 heterocycles. The summed E-state index contributed by atoms with van der Waals surface area (Å²) >= 11 is 0. The standard InChI is InChI=1S/C13H22N2O5/c1-12(4-3-5-19-7-12)15-11(18)14-9-6-20-8-13(9,2)10(16)17/h9H,3-8H2,1-2H3,(H,16,17)(H2,14,15,18). The Balaban J connectivity index is 1.92. The normalized spacial score (nSPS) is 37.4. The van der Waals surface area contributed by atoms with Gasteiger partial charge in [-0.1, -0.05) is 0 Å². The Hall–Kier alpha value is -1.34. The molecule has 7 heteroatoms. The number of aliphatic carboxylic acids is 1. The van der Waals surface area contributed by atoms with Crippen molar-refractivity contribution in [3.8, 4) is 0 Å². The molecule has 2 fully saturated rings. The van der Waals surface area contributed by atoms with Crippen LogP contribution < -0.4 is 10.6 Å². The number of carbonyl (C=O) groups excluding carboxylic acids is 1. The van der Waals surface area contributed by atoms with Gasteiger partial charge >= 0.3 is 12.0 Å². The topological polar surface area (TPSA) is 96.9 Å². The van der Waals surface area contributed by atoms with Crippen LogP contribution in [0.2, 0.25) is 0 Å². The molecular formula is C13H22N2O5. The predicted octanol–water partition coefficient (Wildman–Crippen LogP) is 0.344. The number of carbonyl (C=O) groups is 2. The number of carboxylic acid groups (broad SMARTS) is 1. The first kappa shape index (κ1) is 15.1. The smallest absolute Gasteiger partial charge is 0.315 e. The lowest BCUT2D eigenvalue weighted by atomic mass is 9.85. The van der Waals surface area contributed by atoms with Crippen molar-refractivity contribution in [2.75, 3.05) is 26.4 Å². The van der Waals surface area contributed by atoms with Crippen LogP contribution in [0.25, 0.3) is 0 Å². The van der Waals surface area contributed by atoms with Crippen LogP contribution in [0.5, 0.6) is 0 Å². The SMILES string of the molecule is CC1(NC(=O)NC2COCC2(C)C(=O)O)CCCOC1. The van der Waals surface area contributed by atoms with Gasteiger partial charge in [-0.15, -0.1) is 0 Å². The zero-order chi connectivity index (χ0) is 14.8. The zero-order valence-corrected chi connectivity index (χ0v) is 11.9. The number of hydrogen-bond acceptors (Lipinski definition) is 4. The largest absolute Gasteiger partial charge is 0.481 e. The van der Waals surface area contributed by atoms with Gasteiger partial charge in [-0.05, 0) is 26.7 Å². The van der Waals surface area contributed by atoms with Gasteiger partial charge in [0, 0.05) is 6.61 Å². The molecule has 3 N–H and O–H groups in total. The fraction of sp³-hybridized carbons (Fsp3) is 0.846. The quantitative estimate of drug-likeness (QED) is 0.695. The second kappa shape index (κ2) is 5.57. The third-order valence-corrected chi connectivity index (χ3v) is 4.10. The molecule has 0 bridgehead atoms. The van der Waals surface area contributed by atoms with Crippen LogP contribution in [-0.2, 0) is 14.3 Å². The van der Waals surface area contributed by atoms with Crippen molar-refractivity contribution >= 4 is 12.0 Å². The molecule has 0 aromatic carbocycles. The lowest BCUT2D eigenvalue weighted by Crippen LogP contribution is -2.59. The molecule has 0 aliphatic carbocycles. The summed E-state index contributed by atoms with van der Waals surface area (Å²) in [5.74, 6) is -0.965. The van der Waals surface area contributed by atoms with Gasteiger partial charge in [0.1, 0.15) is 5.41 Å². The molecule has 20 heavy (non-hydrogen) atoms. The minimum Gasteiger partial charge on any atom is -0.481 e. The van der Waals surface area contributed by atoms with Gasteiger partial charge in [0.05, 0.1) is 31.4 Å². The van der Waals surface area contributed by atoms with E-state index in [9.17, 15) is 14.7 Å². The number of nitrogens with one attached hydrogen (secondary N) is 2. The molecule has 3 unspecified atom stereocenters. The maximum atomic E-state index is 12.1. The summed E-state index contributed by atoms with van der Waals surface area (Å²) in [4.78, 5) is 23.4. The number of ether oxygens (including phenoxy) is 2. The highest BCUT2D eigenvalue weighted by Gasteiger charge is 2.47. The van der Waals surface area contributed by atoms with E-state index in [4.69, 9.17) is 9.47 Å². The second-order valence-electron chi connectivity index (χ2n) is 6.11. The minimum absolute atomic E-state index is 0.105. The van der Waals surface area contributed by atoms with Crippen LogP contribution >= 0.6 is 0 Å². The molecule has 114 valence electrons. The van der Waals surface area contributed by atoms with Gasteiger partial charge in [0.25, 0.3) is 0 Å². The van der Waals surface area contributed by atoms with Gasteiger partial charge in [-0.2, -0.15) is 0 Å². The molecule has 0 radical (unpaired) electrons. The molecule has 0 spiro atoms. The van der Waals surface area contributed by atoms with Crippen molar-refractivity contribution < 1.29 is 24.2 Å². The number of urea groups is 1. The van der Waals surface area contributed by atoms with Gasteiger partial charge in [0.15, 0.2) is 0 Å². The van der Waals surface area contributed by atoms with Crippen molar-refractivity contribution in [3.05, 3.63) is 0 Å². The maximum Gasteiger partial charge on any atom is 0.315 e. The first-order valence-corrected chi connectivity index (χ1v) is 6.83. The van der Waals surface area contributed by atoms with Gasteiger partial charge < -0.3 is 25.2 Å². The highest BCUT2D eigenvalue weighted by molar-refractivity contribution is 5.79. The van der Waals surface area contributed by atoms with Crippen LogP contribution in [0.1, 0.15) is 26.7 Å². The second-order valence-corrected chi connectivity index (χ2v) is 6.11. The van der Waals surface area contributed by atoms with Gasteiger partial charge in [0.2, 0.25) is 0 Å². The van der Waals surface area contributed by atoms with Crippen LogP contribution in [0, 0.1) is 5.41 Å². The number of rotatable bonds is 3. The summed E-state index contributed by atoms with van der Waals surface area (Å²) < 4.78 is 10.6. The lowest BCUT2D eigenvalue weighted by molar-refractivity contribution is -0.148. The summed E-state index contributed by atoms with van der Waals surface area (Å²) in [6.07, 6.45) is 1.74. The van der Waals surface area contributed by atoms with Crippen LogP contribution in [-0.4, -0.2) is 55.1 Å². The number of amides is 2. The first-order chi connectivity index (χ1) is 9.36. The highest BCUT2D eigenvalue weighted by atomic mass is 16.5. The Morgan fingerprint density at radius 1 is 1.25 bits per heavy atom. The van der Waals surface area contributed by atoms with E-state index >= 15 is 0 Å². The zero-order valence-electron chi connectivity index (χ0n) is 11.9. The van der Waals surface area contributed by atoms with E-state index in [0.717, 1.165) is 12.8 Å². The molecule has 2 aliphatic heterocycles. The first-order valence-electron chi connectivity index (χ1n) is 6.83. The molecule has 2 rings (SSSR count). The van der Waals surface area contributed by atoms with Gasteiger partial charge in [-0.3, -0.25) is 4.79 Å². The van der Waals surface area contributed by atoms with E-state index in [1.807, 2.05) is 6.92 Å². The molecule has 0 saturated carbocycles. The monoisotopic (exact) mass is 286 g/mol. The average molecular weight is 286 g/mol. The molecule has 2 amide bonds. The summed E-state index contributed by atoms with van der Waals surface area (Å²) in [6.45, 7) is 5.01. The molecule has 2 aliphatic rings. The molecule has 7 nitrogen and oxygen atoms in total. The molecular weight excluding hydrogens is 264 g/mol. The fourth-order valence-electron chi connectivity index (χ4n) is 2.59. The Labute approximate surface area is 118 Å². The van der Waals surface area contributed by atoms with E-state index in [-0.39, 0.29) is 19.2 Å². The summed E-state index contributed by atoms with van der Waals surface area (Å²) in [5, 5.41) is 14.8. The molecule has 2 saturated heterocycles. The molecule has 3 atom stereocenters. The third-order valence-electron chi connectivity index (χ3n) is 4.10. The highest BCUT2D eigenvalue weighted by Crippen LogP contribution is 2.28. The summed E-state index contributed by atoms with van der Waals surface area (Å²) in [5.41, 5.74) is -1.48. The van der Waals surface area contributed by atoms with Gasteiger partial charge in [-0.25, -0.2) is 4.79 Å². The maximum absolute atomic E-state index is 12.1. The van der Waals surface area contributed by atoms with Crippen LogP contribution in [0.3, 0.4) is 0 Å². The van der Waals surface area contributed by atoms with E-state index < -0.39 is 23.0 Å². The molecule has 0 aromatic rings. The van der Waals surface area contributed by atoms with Crippen LogP contribution in [0.4, 0.5) is 4.79 Å². The summed E-state index contributed by atoms with van der Waals surface area (Å²) in [7, 11) is 0. The third kappa shape index (κ3) is 3.04. The Kier molecular flexibility index (Phi) is 4.19. The predicted molar refractivity (Wildman–Crippen MR) is 70.5 cm³/mol. The lowest BCUT2D eigenvalue weighted by Gasteiger charge is -2.35. The minimum atomic E-state index is -1.08. The van der Waals surface area contributed by atoms with E-state index in [1.165, 1.54) is 0 Å². The van der Waals surface area contributed by atoms with Crippen molar-refractivity contribution in [3.63, 3.8) is 0 Å². The van der Waals surface area contributed by atoms with Crippen molar-refractivity contribution in [1.29, 1.82) is 0 Å². The van der Waals surface area contributed by atoms with E-state index in [0.29, 0.717) is 13.2 Å².